The maximum atomic E-state index is 13.8. The van der Waals surface area contributed by atoms with Crippen LogP contribution in [0.4, 0.5) is 0 Å². The summed E-state index contributed by atoms with van der Waals surface area (Å²) < 4.78 is 10.1. The largest absolute Gasteiger partial charge is 0.468 e. The molecule has 1 aliphatic heterocycles. The summed E-state index contributed by atoms with van der Waals surface area (Å²) in [6.45, 7) is 1.81. The molecule has 1 aromatic carbocycles. The van der Waals surface area contributed by atoms with E-state index in [1.807, 2.05) is 54.8 Å². The number of Topliss-reactive ketones (excluding diaryl/α,β-unsaturated/α-hetero) is 1. The first-order chi connectivity index (χ1) is 15.0. The molecule has 2 aromatic rings. The van der Waals surface area contributed by atoms with E-state index in [2.05, 4.69) is 5.32 Å². The standard InChI is InChI=1S/C24H23NO5S/c1-13-18(23(27)29-2)19(14-8-5-4-6-9-14)21-16(25-13)12-15(17-10-7-11-31-17)20(22(21)26)24(28)30-3/h4-11,15,19-20,25H,12H2,1-3H3/t15-,19+,20+/m0/s1. The lowest BCUT2D eigenvalue weighted by Gasteiger charge is -2.39. The van der Waals surface area contributed by atoms with Crippen LogP contribution in [-0.2, 0) is 23.9 Å². The summed E-state index contributed by atoms with van der Waals surface area (Å²) in [7, 11) is 2.62. The highest BCUT2D eigenvalue weighted by Gasteiger charge is 2.49. The molecule has 1 N–H and O–H groups in total. The maximum Gasteiger partial charge on any atom is 0.336 e. The highest BCUT2D eigenvalue weighted by molar-refractivity contribution is 7.10. The van der Waals surface area contributed by atoms with E-state index < -0.39 is 23.8 Å². The van der Waals surface area contributed by atoms with Crippen LogP contribution >= 0.6 is 11.3 Å². The van der Waals surface area contributed by atoms with E-state index in [0.717, 1.165) is 16.1 Å². The van der Waals surface area contributed by atoms with E-state index in [1.54, 1.807) is 0 Å². The predicted octanol–water partition coefficient (Wildman–Crippen LogP) is 3.68. The minimum atomic E-state index is -0.965. The van der Waals surface area contributed by atoms with Gasteiger partial charge in [-0.15, -0.1) is 11.3 Å². The Morgan fingerprint density at radius 1 is 1.06 bits per heavy atom. The molecule has 31 heavy (non-hydrogen) atoms. The number of methoxy groups -OCH3 is 2. The number of dihydropyridines is 1. The number of ketones is 1. The summed E-state index contributed by atoms with van der Waals surface area (Å²) in [5.74, 6) is -3.29. The minimum Gasteiger partial charge on any atom is -0.468 e. The number of benzene rings is 1. The lowest BCUT2D eigenvalue weighted by molar-refractivity contribution is -0.149. The lowest BCUT2D eigenvalue weighted by Crippen LogP contribution is -2.43. The Balaban J connectivity index is 1.90. The molecule has 4 rings (SSSR count). The summed E-state index contributed by atoms with van der Waals surface area (Å²) >= 11 is 1.51. The topological polar surface area (TPSA) is 81.7 Å². The van der Waals surface area contributed by atoms with Crippen LogP contribution in [0.2, 0.25) is 0 Å². The number of thiophene rings is 1. The van der Waals surface area contributed by atoms with Gasteiger partial charge in [-0.25, -0.2) is 4.79 Å². The first kappa shape index (κ1) is 21.1. The van der Waals surface area contributed by atoms with Gasteiger partial charge in [0.1, 0.15) is 5.92 Å². The summed E-state index contributed by atoms with van der Waals surface area (Å²) in [5.41, 5.74) is 2.98. The van der Waals surface area contributed by atoms with E-state index >= 15 is 0 Å². The molecule has 0 saturated heterocycles. The van der Waals surface area contributed by atoms with Gasteiger partial charge in [-0.2, -0.15) is 0 Å². The van der Waals surface area contributed by atoms with Gasteiger partial charge in [0.2, 0.25) is 0 Å². The molecule has 1 aromatic heterocycles. The molecule has 6 nitrogen and oxygen atoms in total. The number of ether oxygens (including phenoxy) is 2. The van der Waals surface area contributed by atoms with Crippen molar-refractivity contribution in [3.8, 4) is 0 Å². The van der Waals surface area contributed by atoms with Gasteiger partial charge in [0.05, 0.1) is 19.8 Å². The van der Waals surface area contributed by atoms with Crippen LogP contribution < -0.4 is 5.32 Å². The van der Waals surface area contributed by atoms with Crippen LogP contribution in [0.3, 0.4) is 0 Å². The number of allylic oxidation sites excluding steroid dienone is 3. The molecule has 0 saturated carbocycles. The third-order valence-electron chi connectivity index (χ3n) is 5.92. The number of hydrogen-bond donors (Lipinski definition) is 1. The maximum absolute atomic E-state index is 13.8. The second kappa shape index (κ2) is 8.51. The van der Waals surface area contributed by atoms with Gasteiger partial charge in [0.25, 0.3) is 0 Å². The van der Waals surface area contributed by atoms with Crippen molar-refractivity contribution in [3.63, 3.8) is 0 Å². The van der Waals surface area contributed by atoms with Crippen LogP contribution in [0.5, 0.6) is 0 Å². The van der Waals surface area contributed by atoms with Gasteiger partial charge in [-0.3, -0.25) is 9.59 Å². The van der Waals surface area contributed by atoms with Crippen molar-refractivity contribution < 1.29 is 23.9 Å². The molecule has 0 amide bonds. The smallest absolute Gasteiger partial charge is 0.336 e. The second-order valence-electron chi connectivity index (χ2n) is 7.58. The van der Waals surface area contributed by atoms with Crippen molar-refractivity contribution in [3.05, 3.63) is 80.8 Å². The Hall–Kier alpha value is -3.19. The van der Waals surface area contributed by atoms with Gasteiger partial charge in [0.15, 0.2) is 5.78 Å². The lowest BCUT2D eigenvalue weighted by atomic mass is 9.68. The summed E-state index contributed by atoms with van der Waals surface area (Å²) in [4.78, 5) is 40.3. The summed E-state index contributed by atoms with van der Waals surface area (Å²) in [5, 5.41) is 5.20. The normalized spacial score (nSPS) is 23.2. The van der Waals surface area contributed by atoms with Crippen molar-refractivity contribution in [1.82, 2.24) is 5.32 Å². The van der Waals surface area contributed by atoms with Crippen molar-refractivity contribution in [2.75, 3.05) is 14.2 Å². The van der Waals surface area contributed by atoms with E-state index in [1.165, 1.54) is 25.6 Å². The monoisotopic (exact) mass is 437 g/mol. The third-order valence-corrected chi connectivity index (χ3v) is 6.93. The SMILES string of the molecule is COC(=O)C1=C(C)NC2=C(C(=O)[C@H](C(=O)OC)[C@H](c3cccs3)C2)[C@@H]1c1ccccc1. The van der Waals surface area contributed by atoms with Crippen LogP contribution in [0.15, 0.2) is 70.4 Å². The van der Waals surface area contributed by atoms with E-state index in [0.29, 0.717) is 23.3 Å². The Morgan fingerprint density at radius 2 is 1.81 bits per heavy atom. The molecule has 0 bridgehead atoms. The highest BCUT2D eigenvalue weighted by atomic mass is 32.1. The quantitative estimate of drug-likeness (QED) is 0.581. The van der Waals surface area contributed by atoms with Gasteiger partial charge < -0.3 is 14.8 Å². The Bertz CT molecular complexity index is 1080. The second-order valence-corrected chi connectivity index (χ2v) is 8.56. The average molecular weight is 438 g/mol. The Morgan fingerprint density at radius 3 is 2.42 bits per heavy atom. The number of esters is 2. The van der Waals surface area contributed by atoms with E-state index in [-0.39, 0.29) is 11.7 Å². The van der Waals surface area contributed by atoms with E-state index in [4.69, 9.17) is 9.47 Å². The number of hydrogen-bond acceptors (Lipinski definition) is 7. The van der Waals surface area contributed by atoms with Crippen LogP contribution in [0, 0.1) is 5.92 Å². The first-order valence-corrected chi connectivity index (χ1v) is 10.8. The molecule has 0 radical (unpaired) electrons. The van der Waals surface area contributed by atoms with Crippen LogP contribution in [0.1, 0.15) is 35.6 Å². The zero-order chi connectivity index (χ0) is 22.1. The molecule has 3 atom stereocenters. The van der Waals surface area contributed by atoms with Crippen molar-refractivity contribution >= 4 is 29.1 Å². The molecule has 2 heterocycles. The number of rotatable bonds is 4. The number of carbonyl (C=O) groups excluding carboxylic acids is 3. The molecule has 7 heteroatoms. The van der Waals surface area contributed by atoms with Crippen molar-refractivity contribution in [2.45, 2.75) is 25.2 Å². The van der Waals surface area contributed by atoms with Gasteiger partial charge in [-0.05, 0) is 30.4 Å². The average Bonchev–Trinajstić information content (AvgIpc) is 3.32. The molecule has 1 aliphatic carbocycles. The summed E-state index contributed by atoms with van der Waals surface area (Å²) in [6, 6.07) is 13.2. The molecule has 0 unspecified atom stereocenters. The van der Waals surface area contributed by atoms with Gasteiger partial charge >= 0.3 is 11.9 Å². The Labute approximate surface area is 184 Å². The molecular weight excluding hydrogens is 414 g/mol. The number of carbonyl (C=O) groups is 3. The molecule has 0 fully saturated rings. The van der Waals surface area contributed by atoms with Crippen molar-refractivity contribution in [1.29, 1.82) is 0 Å². The van der Waals surface area contributed by atoms with Gasteiger partial charge in [-0.1, -0.05) is 36.4 Å². The van der Waals surface area contributed by atoms with Crippen LogP contribution in [-0.4, -0.2) is 31.9 Å². The fraction of sp³-hybridized carbons (Fsp3) is 0.292. The first-order valence-electron chi connectivity index (χ1n) is 9.97. The molecule has 160 valence electrons. The highest BCUT2D eigenvalue weighted by Crippen LogP contribution is 2.48. The van der Waals surface area contributed by atoms with Crippen molar-refractivity contribution in [2.24, 2.45) is 5.92 Å². The zero-order valence-electron chi connectivity index (χ0n) is 17.5. The number of nitrogens with one attached hydrogen (secondary N) is 1. The third kappa shape index (κ3) is 3.59. The van der Waals surface area contributed by atoms with E-state index in [9.17, 15) is 14.4 Å². The van der Waals surface area contributed by atoms with Crippen LogP contribution in [0.25, 0.3) is 0 Å². The van der Waals surface area contributed by atoms with Gasteiger partial charge in [0, 0.05) is 33.7 Å². The predicted molar refractivity (Wildman–Crippen MR) is 116 cm³/mol. The Kier molecular flexibility index (Phi) is 5.78. The fourth-order valence-electron chi connectivity index (χ4n) is 4.56. The zero-order valence-corrected chi connectivity index (χ0v) is 18.3. The molecular formula is C24H23NO5S. The summed E-state index contributed by atoms with van der Waals surface area (Å²) in [6.07, 6.45) is 0.469. The molecule has 2 aliphatic rings. The fourth-order valence-corrected chi connectivity index (χ4v) is 5.43. The minimum absolute atomic E-state index is 0.318. The molecule has 0 spiro atoms.